The monoisotopic (exact) mass is 177 g/mol. The van der Waals surface area contributed by atoms with Gasteiger partial charge in [-0.1, -0.05) is 13.5 Å². The first kappa shape index (κ1) is 9.71. The second kappa shape index (κ2) is 4.03. The summed E-state index contributed by atoms with van der Waals surface area (Å²) in [6.45, 7) is 9.68. The zero-order valence-electron chi connectivity index (χ0n) is 8.39. The van der Waals surface area contributed by atoms with Crippen LogP contribution in [0.3, 0.4) is 0 Å². The highest BCUT2D eigenvalue weighted by atomic mass is 15.0. The Balaban J connectivity index is 3.06. The maximum absolute atomic E-state index is 4.37. The largest absolute Gasteiger partial charge is 0.341 e. The maximum atomic E-state index is 4.37. The lowest BCUT2D eigenvalue weighted by molar-refractivity contribution is 1.14. The van der Waals surface area contributed by atoms with Crippen molar-refractivity contribution in [3.63, 3.8) is 0 Å². The number of aromatic amines is 1. The van der Waals surface area contributed by atoms with E-state index in [4.69, 9.17) is 0 Å². The van der Waals surface area contributed by atoms with Crippen LogP contribution in [0, 0.1) is 6.92 Å². The average Bonchev–Trinajstić information content (AvgIpc) is 2.46. The predicted molar refractivity (Wildman–Crippen MR) is 56.5 cm³/mol. The molecule has 0 atom stereocenters. The van der Waals surface area contributed by atoms with E-state index in [2.05, 4.69) is 28.5 Å². The predicted octanol–water partition coefficient (Wildman–Crippen LogP) is 2.86. The minimum atomic E-state index is 0.742. The van der Waals surface area contributed by atoms with Gasteiger partial charge in [0.2, 0.25) is 0 Å². The number of hydrogen-bond acceptors (Lipinski definition) is 2. The Kier molecular flexibility index (Phi) is 3.01. The summed E-state index contributed by atoms with van der Waals surface area (Å²) in [5.41, 5.74) is 1.97. The molecule has 0 aliphatic carbocycles. The average molecular weight is 177 g/mol. The molecule has 70 valence electrons. The summed E-state index contributed by atoms with van der Waals surface area (Å²) in [5, 5.41) is 0. The van der Waals surface area contributed by atoms with Gasteiger partial charge >= 0.3 is 0 Å². The number of imidazole rings is 1. The van der Waals surface area contributed by atoms with Gasteiger partial charge in [0.15, 0.2) is 5.82 Å². The van der Waals surface area contributed by atoms with Crippen molar-refractivity contribution in [2.75, 3.05) is 0 Å². The molecule has 1 rings (SSSR count). The van der Waals surface area contributed by atoms with Gasteiger partial charge in [-0.25, -0.2) is 9.98 Å². The molecular formula is C10H15N3. The van der Waals surface area contributed by atoms with E-state index in [9.17, 15) is 0 Å². The fraction of sp³-hybridized carbons (Fsp3) is 0.400. The summed E-state index contributed by atoms with van der Waals surface area (Å²) in [4.78, 5) is 11.7. The Morgan fingerprint density at radius 3 is 2.92 bits per heavy atom. The van der Waals surface area contributed by atoms with Crippen molar-refractivity contribution in [2.45, 2.75) is 27.2 Å². The molecule has 3 heteroatoms. The molecule has 0 unspecified atom stereocenters. The fourth-order valence-corrected chi connectivity index (χ4v) is 0.985. The summed E-state index contributed by atoms with van der Waals surface area (Å²) in [6.07, 6.45) is 2.68. The number of H-pyrrole nitrogens is 1. The summed E-state index contributed by atoms with van der Waals surface area (Å²) >= 11 is 0. The van der Waals surface area contributed by atoms with E-state index in [0.717, 1.165) is 29.5 Å². The third-order valence-electron chi connectivity index (χ3n) is 1.84. The lowest BCUT2D eigenvalue weighted by Gasteiger charge is -1.93. The molecule has 3 nitrogen and oxygen atoms in total. The number of aryl methyl sites for hydroxylation is 1. The Labute approximate surface area is 78.6 Å². The van der Waals surface area contributed by atoms with Gasteiger partial charge in [-0.15, -0.1) is 0 Å². The van der Waals surface area contributed by atoms with E-state index >= 15 is 0 Å². The van der Waals surface area contributed by atoms with E-state index in [1.165, 1.54) is 0 Å². The minimum Gasteiger partial charge on any atom is -0.341 e. The van der Waals surface area contributed by atoms with Crippen molar-refractivity contribution in [1.82, 2.24) is 9.97 Å². The topological polar surface area (TPSA) is 41.0 Å². The molecule has 1 N–H and O–H groups in total. The number of aliphatic imine (C=N–C) groups is 1. The van der Waals surface area contributed by atoms with Crippen LogP contribution < -0.4 is 0 Å². The Hall–Kier alpha value is -1.38. The summed E-state index contributed by atoms with van der Waals surface area (Å²) < 4.78 is 0. The Bertz CT molecular complexity index is 334. The lowest BCUT2D eigenvalue weighted by Crippen LogP contribution is -1.86. The molecule has 0 spiro atoms. The first-order valence-corrected chi connectivity index (χ1v) is 4.40. The third-order valence-corrected chi connectivity index (χ3v) is 1.84. The fourth-order valence-electron chi connectivity index (χ4n) is 0.985. The second-order valence-electron chi connectivity index (χ2n) is 2.96. The molecule has 0 radical (unpaired) electrons. The molecule has 0 amide bonds. The normalized spacial score (nSPS) is 11.8. The minimum absolute atomic E-state index is 0.742. The van der Waals surface area contributed by atoms with Crippen molar-refractivity contribution in [1.29, 1.82) is 0 Å². The first-order valence-electron chi connectivity index (χ1n) is 4.40. The standard InChI is InChI=1S/C10H15N3/c1-5-7(3)11-10-9(6-2)12-8(4)13-10/h6H,2,5H2,1,3-4H3,(H,12,13)/b11-7-. The van der Waals surface area contributed by atoms with Crippen molar-refractivity contribution < 1.29 is 0 Å². The number of rotatable bonds is 3. The van der Waals surface area contributed by atoms with Crippen LogP contribution in [0.5, 0.6) is 0 Å². The van der Waals surface area contributed by atoms with Crippen molar-refractivity contribution in [2.24, 2.45) is 4.99 Å². The van der Waals surface area contributed by atoms with Crippen LogP contribution in [0.1, 0.15) is 31.8 Å². The smallest absolute Gasteiger partial charge is 0.177 e. The number of nitrogens with one attached hydrogen (secondary N) is 1. The van der Waals surface area contributed by atoms with Crippen molar-refractivity contribution in [3.8, 4) is 0 Å². The lowest BCUT2D eigenvalue weighted by atomic mass is 10.3. The van der Waals surface area contributed by atoms with Gasteiger partial charge in [0.1, 0.15) is 5.82 Å². The van der Waals surface area contributed by atoms with E-state index in [1.54, 1.807) is 6.08 Å². The van der Waals surface area contributed by atoms with Crippen LogP contribution in [-0.2, 0) is 0 Å². The van der Waals surface area contributed by atoms with E-state index in [1.807, 2.05) is 13.8 Å². The van der Waals surface area contributed by atoms with E-state index in [-0.39, 0.29) is 0 Å². The number of aromatic nitrogens is 2. The highest BCUT2D eigenvalue weighted by Gasteiger charge is 2.02. The van der Waals surface area contributed by atoms with Gasteiger partial charge in [-0.3, -0.25) is 0 Å². The first-order chi connectivity index (χ1) is 6.17. The highest BCUT2D eigenvalue weighted by Crippen LogP contribution is 2.17. The number of hydrogen-bond donors (Lipinski definition) is 1. The molecule has 0 aliphatic rings. The molecule has 0 bridgehead atoms. The van der Waals surface area contributed by atoms with Gasteiger partial charge in [-0.2, -0.15) is 0 Å². The molecule has 1 aromatic rings. The van der Waals surface area contributed by atoms with Crippen LogP contribution >= 0.6 is 0 Å². The second-order valence-corrected chi connectivity index (χ2v) is 2.96. The summed E-state index contributed by atoms with van der Waals surface area (Å²) in [7, 11) is 0. The van der Waals surface area contributed by atoms with Crippen LogP contribution in [-0.4, -0.2) is 15.7 Å². The van der Waals surface area contributed by atoms with Gasteiger partial charge in [0, 0.05) is 5.71 Å². The molecule has 1 aromatic heterocycles. The van der Waals surface area contributed by atoms with Gasteiger partial charge in [0.25, 0.3) is 0 Å². The van der Waals surface area contributed by atoms with Crippen molar-refractivity contribution in [3.05, 3.63) is 18.1 Å². The maximum Gasteiger partial charge on any atom is 0.177 e. The van der Waals surface area contributed by atoms with Gasteiger partial charge in [-0.05, 0) is 26.3 Å². The summed E-state index contributed by atoms with van der Waals surface area (Å²) in [6, 6.07) is 0. The molecule has 0 aromatic carbocycles. The van der Waals surface area contributed by atoms with Crippen LogP contribution in [0.15, 0.2) is 11.6 Å². The molecule has 0 fully saturated rings. The molecule has 0 saturated heterocycles. The Morgan fingerprint density at radius 2 is 2.38 bits per heavy atom. The van der Waals surface area contributed by atoms with Gasteiger partial charge < -0.3 is 4.98 Å². The molecular weight excluding hydrogens is 162 g/mol. The SMILES string of the molecule is C=Cc1[nH]c(C)nc1/N=C(/C)CC. The van der Waals surface area contributed by atoms with Crippen LogP contribution in [0.25, 0.3) is 6.08 Å². The van der Waals surface area contributed by atoms with Crippen LogP contribution in [0.4, 0.5) is 5.82 Å². The highest BCUT2D eigenvalue weighted by molar-refractivity contribution is 5.84. The third kappa shape index (κ3) is 2.28. The zero-order valence-corrected chi connectivity index (χ0v) is 8.39. The summed E-state index contributed by atoms with van der Waals surface area (Å²) in [5.74, 6) is 1.62. The zero-order chi connectivity index (χ0) is 9.84. The molecule has 0 saturated carbocycles. The van der Waals surface area contributed by atoms with E-state index < -0.39 is 0 Å². The van der Waals surface area contributed by atoms with E-state index in [0.29, 0.717) is 0 Å². The quantitative estimate of drug-likeness (QED) is 0.708. The van der Waals surface area contributed by atoms with Gasteiger partial charge in [0.05, 0.1) is 5.69 Å². The molecule has 1 heterocycles. The molecule has 0 aliphatic heterocycles. The molecule has 13 heavy (non-hydrogen) atoms. The van der Waals surface area contributed by atoms with Crippen LogP contribution in [0.2, 0.25) is 0 Å². The Morgan fingerprint density at radius 1 is 1.69 bits per heavy atom. The van der Waals surface area contributed by atoms with Crippen molar-refractivity contribution >= 4 is 17.6 Å². The number of nitrogens with zero attached hydrogens (tertiary/aromatic N) is 2.